The number of halogens is 3. The average molecular weight is 460 g/mol. The van der Waals surface area contributed by atoms with Crippen molar-refractivity contribution >= 4 is 27.5 Å². The van der Waals surface area contributed by atoms with Crippen molar-refractivity contribution in [3.05, 3.63) is 58.6 Å². The minimum absolute atomic E-state index is 0.272. The van der Waals surface area contributed by atoms with Crippen LogP contribution in [0.4, 0.5) is 18.9 Å². The van der Waals surface area contributed by atoms with Crippen molar-refractivity contribution in [1.29, 1.82) is 0 Å². The fourth-order valence-corrected chi connectivity index (χ4v) is 4.37. The van der Waals surface area contributed by atoms with Gasteiger partial charge in [-0.15, -0.1) is 0 Å². The molecule has 2 N–H and O–H groups in total. The Morgan fingerprint density at radius 3 is 2.67 bits per heavy atom. The van der Waals surface area contributed by atoms with Crippen LogP contribution >= 0.6 is 0 Å². The number of benzene rings is 1. The third-order valence-corrected chi connectivity index (χ3v) is 6.15. The molecular formula is C24H28F3N5O. The van der Waals surface area contributed by atoms with E-state index in [4.69, 9.17) is 0 Å². The first kappa shape index (κ1) is 23.1. The molecule has 1 atom stereocenters. The molecule has 1 aliphatic rings. The van der Waals surface area contributed by atoms with Crippen molar-refractivity contribution in [1.82, 2.24) is 20.1 Å². The first-order valence-corrected chi connectivity index (χ1v) is 11.1. The number of pyridine rings is 1. The first-order valence-electron chi connectivity index (χ1n) is 11.1. The zero-order chi connectivity index (χ0) is 23.8. The van der Waals surface area contributed by atoms with Crippen LogP contribution in [0.5, 0.6) is 0 Å². The van der Waals surface area contributed by atoms with Gasteiger partial charge in [0.1, 0.15) is 0 Å². The average Bonchev–Trinajstić information content (AvgIpc) is 3.13. The molecule has 1 aliphatic carbocycles. The number of rotatable bonds is 7. The molecule has 2 heterocycles. The maximum Gasteiger partial charge on any atom is 0.416 e. The molecule has 1 unspecified atom stereocenters. The van der Waals surface area contributed by atoms with Crippen LogP contribution in [0.15, 0.2) is 47.4 Å². The summed E-state index contributed by atoms with van der Waals surface area (Å²) in [5, 5.41) is 6.73. The van der Waals surface area contributed by atoms with E-state index in [9.17, 15) is 18.0 Å². The number of aromatic amines is 1. The van der Waals surface area contributed by atoms with Gasteiger partial charge in [-0.25, -0.2) is 4.68 Å². The number of aromatic nitrogens is 3. The van der Waals surface area contributed by atoms with Crippen molar-refractivity contribution in [3.63, 3.8) is 0 Å². The number of allylic oxidation sites excluding steroid dienone is 4. The maximum absolute atomic E-state index is 13.9. The van der Waals surface area contributed by atoms with Gasteiger partial charge in [-0.3, -0.25) is 14.9 Å². The Kier molecular flexibility index (Phi) is 6.09. The van der Waals surface area contributed by atoms with Gasteiger partial charge in [0.15, 0.2) is 0 Å². The smallest absolute Gasteiger partial charge is 0.368 e. The van der Waals surface area contributed by atoms with E-state index in [-0.39, 0.29) is 16.3 Å². The monoisotopic (exact) mass is 459 g/mol. The van der Waals surface area contributed by atoms with Crippen LogP contribution in [0.2, 0.25) is 0 Å². The van der Waals surface area contributed by atoms with Gasteiger partial charge in [0.05, 0.1) is 33.2 Å². The molecule has 33 heavy (non-hydrogen) atoms. The predicted octanol–water partition coefficient (Wildman–Crippen LogP) is 4.56. The van der Waals surface area contributed by atoms with Gasteiger partial charge in [0.25, 0.3) is 5.56 Å². The lowest BCUT2D eigenvalue weighted by Crippen LogP contribution is -2.36. The second-order valence-electron chi connectivity index (χ2n) is 8.63. The third kappa shape index (κ3) is 4.17. The van der Waals surface area contributed by atoms with Gasteiger partial charge in [-0.2, -0.15) is 13.2 Å². The molecular weight excluding hydrogens is 431 g/mol. The molecule has 0 saturated carbocycles. The predicted molar refractivity (Wildman–Crippen MR) is 126 cm³/mol. The Bertz CT molecular complexity index is 1290. The van der Waals surface area contributed by atoms with E-state index in [1.54, 1.807) is 7.05 Å². The van der Waals surface area contributed by atoms with Crippen LogP contribution in [0.1, 0.15) is 32.3 Å². The lowest BCUT2D eigenvalue weighted by molar-refractivity contribution is -0.137. The second kappa shape index (κ2) is 8.70. The SMILES string of the molecule is CCCN(CCNC)c1cc(C(F)(F)F)cc2c1ncc1c(=O)n(C3(C)C=CC=CC3)[nH]c12. The van der Waals surface area contributed by atoms with Crippen molar-refractivity contribution < 1.29 is 13.2 Å². The number of fused-ring (bicyclic) bond motifs is 3. The van der Waals surface area contributed by atoms with Crippen LogP contribution in [-0.4, -0.2) is 41.4 Å². The number of alkyl halides is 3. The van der Waals surface area contributed by atoms with Crippen molar-refractivity contribution in [2.24, 2.45) is 0 Å². The van der Waals surface area contributed by atoms with Crippen LogP contribution in [0.3, 0.4) is 0 Å². The molecule has 2 aromatic heterocycles. The van der Waals surface area contributed by atoms with E-state index in [1.165, 1.54) is 10.9 Å². The highest BCUT2D eigenvalue weighted by Crippen LogP contribution is 2.38. The fourth-order valence-electron chi connectivity index (χ4n) is 4.37. The summed E-state index contributed by atoms with van der Waals surface area (Å²) >= 11 is 0. The molecule has 9 heteroatoms. The molecule has 4 rings (SSSR count). The summed E-state index contributed by atoms with van der Waals surface area (Å²) < 4.78 is 43.2. The highest BCUT2D eigenvalue weighted by atomic mass is 19.4. The Balaban J connectivity index is 2.01. The van der Waals surface area contributed by atoms with E-state index >= 15 is 0 Å². The van der Waals surface area contributed by atoms with Crippen LogP contribution in [0.25, 0.3) is 21.8 Å². The van der Waals surface area contributed by atoms with Crippen molar-refractivity contribution in [2.45, 2.75) is 38.4 Å². The number of likely N-dealkylation sites (N-methyl/N-ethyl adjacent to an activating group) is 1. The largest absolute Gasteiger partial charge is 0.416 e. The van der Waals surface area contributed by atoms with Gasteiger partial charge < -0.3 is 10.2 Å². The van der Waals surface area contributed by atoms with E-state index in [0.29, 0.717) is 42.8 Å². The molecule has 3 aromatic rings. The molecule has 0 radical (unpaired) electrons. The molecule has 0 fully saturated rings. The minimum atomic E-state index is -4.53. The third-order valence-electron chi connectivity index (χ3n) is 6.15. The van der Waals surface area contributed by atoms with Crippen LogP contribution < -0.4 is 15.8 Å². The molecule has 6 nitrogen and oxygen atoms in total. The topological polar surface area (TPSA) is 66.0 Å². The van der Waals surface area contributed by atoms with Crippen molar-refractivity contribution in [2.75, 3.05) is 31.6 Å². The Morgan fingerprint density at radius 1 is 1.24 bits per heavy atom. The number of hydrogen-bond donors (Lipinski definition) is 2. The summed E-state index contributed by atoms with van der Waals surface area (Å²) in [5.41, 5.74) is -0.474. The first-order chi connectivity index (χ1) is 15.7. The lowest BCUT2D eigenvalue weighted by atomic mass is 9.94. The van der Waals surface area contributed by atoms with E-state index in [1.807, 2.05) is 43.1 Å². The number of H-pyrrole nitrogens is 1. The Morgan fingerprint density at radius 2 is 2.03 bits per heavy atom. The fraction of sp³-hybridized carbons (Fsp3) is 0.417. The van der Waals surface area contributed by atoms with E-state index < -0.39 is 17.3 Å². The van der Waals surface area contributed by atoms with Crippen LogP contribution in [-0.2, 0) is 11.7 Å². The summed E-state index contributed by atoms with van der Waals surface area (Å²) in [7, 11) is 1.80. The molecule has 0 saturated heterocycles. The van der Waals surface area contributed by atoms with Crippen LogP contribution in [0, 0.1) is 0 Å². The molecule has 176 valence electrons. The highest BCUT2D eigenvalue weighted by Gasteiger charge is 2.33. The van der Waals surface area contributed by atoms with Gasteiger partial charge in [-0.1, -0.05) is 31.2 Å². The molecule has 0 spiro atoms. The number of nitrogens with one attached hydrogen (secondary N) is 2. The zero-order valence-corrected chi connectivity index (χ0v) is 19.0. The standard InChI is InChI=1S/C24H28F3N5O/c1-4-11-31(12-10-28-3)19-14-16(24(25,26)27)13-17-20-18(15-29-21(17)19)22(33)32(30-20)23(2)8-6-5-7-9-23/h5-8,13-15,28,30H,4,9-12H2,1-3H3. The van der Waals surface area contributed by atoms with E-state index in [0.717, 1.165) is 18.6 Å². The Hall–Kier alpha value is -3.07. The van der Waals surface area contributed by atoms with Gasteiger partial charge in [0, 0.05) is 31.2 Å². The summed E-state index contributed by atoms with van der Waals surface area (Å²) in [6.07, 6.45) is 5.94. The van der Waals surface area contributed by atoms with E-state index in [2.05, 4.69) is 15.4 Å². The summed E-state index contributed by atoms with van der Waals surface area (Å²) in [4.78, 5) is 19.6. The highest BCUT2D eigenvalue weighted by molar-refractivity contribution is 6.07. The number of nitrogens with zero attached hydrogens (tertiary/aromatic N) is 3. The quantitative estimate of drug-likeness (QED) is 0.544. The second-order valence-corrected chi connectivity index (χ2v) is 8.63. The maximum atomic E-state index is 13.9. The summed E-state index contributed by atoms with van der Waals surface area (Å²) in [6, 6.07) is 2.26. The zero-order valence-electron chi connectivity index (χ0n) is 19.0. The van der Waals surface area contributed by atoms with Crippen molar-refractivity contribution in [3.8, 4) is 0 Å². The van der Waals surface area contributed by atoms with Gasteiger partial charge in [0.2, 0.25) is 0 Å². The van der Waals surface area contributed by atoms with Gasteiger partial charge >= 0.3 is 6.18 Å². The number of hydrogen-bond acceptors (Lipinski definition) is 4. The number of anilines is 1. The molecule has 0 bridgehead atoms. The Labute approximate surface area is 189 Å². The molecule has 0 aliphatic heterocycles. The lowest BCUT2D eigenvalue weighted by Gasteiger charge is -2.27. The summed E-state index contributed by atoms with van der Waals surface area (Å²) in [5.74, 6) is 0. The van der Waals surface area contributed by atoms with Gasteiger partial charge in [-0.05, 0) is 38.9 Å². The summed E-state index contributed by atoms with van der Waals surface area (Å²) in [6.45, 7) is 5.63. The minimum Gasteiger partial charge on any atom is -0.368 e. The normalized spacial score (nSPS) is 18.5. The molecule has 1 aromatic carbocycles. The molecule has 0 amide bonds.